The molecule has 13 aromatic rings. The summed E-state index contributed by atoms with van der Waals surface area (Å²) in [5.74, 6) is 1.61. The summed E-state index contributed by atoms with van der Waals surface area (Å²) in [4.78, 5) is 4.61. The van der Waals surface area contributed by atoms with E-state index in [1.165, 1.54) is 0 Å². The molecule has 0 unspecified atom stereocenters. The minimum atomic E-state index is 0.802. The predicted octanol–water partition coefficient (Wildman–Crippen LogP) is 18.7. The standard InChI is InChI=1S/C64H40N2O3/c1-3-15-44(16-4-1)65(45-17-5-2-6-18-45)48-37-39-60-56(40-48)53-23-11-14-43-32-38-57(64(69-60)61(43)53)66(46-33-28-41(29-34-46)49-21-12-24-54-51-19-7-9-26-58(51)67-62(49)54)47-35-30-42(31-36-47)50-22-13-25-55-52-20-8-10-27-59(52)68-63(50)55/h1-40H. The topological polar surface area (TPSA) is 42.0 Å². The van der Waals surface area contributed by atoms with E-state index in [1.807, 2.05) is 24.3 Å². The molecule has 2 aromatic heterocycles. The van der Waals surface area contributed by atoms with Gasteiger partial charge in [-0.2, -0.15) is 0 Å². The molecule has 14 rings (SSSR count). The van der Waals surface area contributed by atoms with Crippen molar-refractivity contribution < 1.29 is 13.6 Å². The highest BCUT2D eigenvalue weighted by Crippen LogP contribution is 2.54. The van der Waals surface area contributed by atoms with E-state index in [9.17, 15) is 0 Å². The lowest BCUT2D eigenvalue weighted by Crippen LogP contribution is -2.13. The number of hydrogen-bond acceptors (Lipinski definition) is 5. The monoisotopic (exact) mass is 884 g/mol. The molecular weight excluding hydrogens is 845 g/mol. The summed E-state index contributed by atoms with van der Waals surface area (Å²) < 4.78 is 20.2. The van der Waals surface area contributed by atoms with Crippen molar-refractivity contribution in [2.75, 3.05) is 9.80 Å². The van der Waals surface area contributed by atoms with Crippen LogP contribution in [0.25, 0.3) is 88.0 Å². The highest BCUT2D eigenvalue weighted by Gasteiger charge is 2.28. The predicted molar refractivity (Wildman–Crippen MR) is 284 cm³/mol. The Labute approximate surface area is 397 Å². The SMILES string of the molecule is c1ccc(N(c2ccccc2)c2ccc3c(c2)-c2cccc4ccc(N(c5ccc(-c6cccc7c6oc6ccccc67)cc5)c5ccc(-c6cccc7c6oc6ccccc67)cc5)c(c24)O3)cc1. The van der Waals surface area contributed by atoms with Crippen LogP contribution in [0.3, 0.4) is 0 Å². The van der Waals surface area contributed by atoms with E-state index in [0.29, 0.717) is 0 Å². The van der Waals surface area contributed by atoms with Gasteiger partial charge in [0.15, 0.2) is 5.75 Å². The van der Waals surface area contributed by atoms with Gasteiger partial charge in [0.05, 0.1) is 5.69 Å². The average molecular weight is 885 g/mol. The molecule has 11 aromatic carbocycles. The van der Waals surface area contributed by atoms with Gasteiger partial charge in [0.1, 0.15) is 28.1 Å². The number of rotatable bonds is 8. The Balaban J connectivity index is 0.921. The molecule has 5 nitrogen and oxygen atoms in total. The quantitative estimate of drug-likeness (QED) is 0.152. The number of anilines is 6. The first-order chi connectivity index (χ1) is 34.2. The van der Waals surface area contributed by atoms with E-state index < -0.39 is 0 Å². The maximum absolute atomic E-state index is 7.21. The summed E-state index contributed by atoms with van der Waals surface area (Å²) in [6, 6.07) is 85.4. The van der Waals surface area contributed by atoms with E-state index in [-0.39, 0.29) is 0 Å². The Morgan fingerprint density at radius 2 is 0.783 bits per heavy atom. The van der Waals surface area contributed by atoms with Crippen LogP contribution in [0.5, 0.6) is 11.5 Å². The van der Waals surface area contributed by atoms with Gasteiger partial charge in [-0.25, -0.2) is 0 Å². The molecule has 0 N–H and O–H groups in total. The zero-order valence-corrected chi connectivity index (χ0v) is 37.2. The number of furan rings is 2. The van der Waals surface area contributed by atoms with Crippen molar-refractivity contribution in [1.82, 2.24) is 0 Å². The third-order valence-corrected chi connectivity index (χ3v) is 13.7. The number of hydrogen-bond donors (Lipinski definition) is 0. The lowest BCUT2D eigenvalue weighted by Gasteiger charge is -2.31. The Morgan fingerprint density at radius 1 is 0.304 bits per heavy atom. The van der Waals surface area contributed by atoms with Gasteiger partial charge in [0, 0.05) is 72.1 Å². The zero-order valence-electron chi connectivity index (χ0n) is 37.2. The van der Waals surface area contributed by atoms with Crippen LogP contribution in [0.1, 0.15) is 0 Å². The molecule has 0 atom stereocenters. The van der Waals surface area contributed by atoms with Gasteiger partial charge in [0.2, 0.25) is 0 Å². The van der Waals surface area contributed by atoms with Crippen LogP contribution < -0.4 is 14.5 Å². The number of nitrogens with zero attached hydrogens (tertiary/aromatic N) is 2. The molecule has 0 aliphatic carbocycles. The Morgan fingerprint density at radius 3 is 1.36 bits per heavy atom. The second-order valence-electron chi connectivity index (χ2n) is 17.6. The number of benzene rings is 11. The van der Waals surface area contributed by atoms with Gasteiger partial charge in [-0.1, -0.05) is 158 Å². The van der Waals surface area contributed by atoms with Crippen molar-refractivity contribution in [2.24, 2.45) is 0 Å². The molecule has 3 heterocycles. The molecule has 0 saturated carbocycles. The molecule has 0 bridgehead atoms. The first-order valence-corrected chi connectivity index (χ1v) is 23.3. The molecule has 5 heteroatoms. The Bertz CT molecular complexity index is 3900. The van der Waals surface area contributed by atoms with Crippen LogP contribution in [-0.2, 0) is 0 Å². The zero-order chi connectivity index (χ0) is 45.4. The molecule has 0 radical (unpaired) electrons. The van der Waals surface area contributed by atoms with Crippen molar-refractivity contribution in [3.8, 4) is 44.9 Å². The van der Waals surface area contributed by atoms with Gasteiger partial charge in [0.25, 0.3) is 0 Å². The maximum Gasteiger partial charge on any atom is 0.159 e. The van der Waals surface area contributed by atoms with Gasteiger partial charge < -0.3 is 23.4 Å². The molecule has 324 valence electrons. The van der Waals surface area contributed by atoms with Gasteiger partial charge in [-0.3, -0.25) is 0 Å². The number of fused-ring (bicyclic) bond motifs is 8. The fourth-order valence-corrected chi connectivity index (χ4v) is 10.5. The van der Waals surface area contributed by atoms with Crippen molar-refractivity contribution in [2.45, 2.75) is 0 Å². The third kappa shape index (κ3) is 6.32. The van der Waals surface area contributed by atoms with Crippen LogP contribution in [0.15, 0.2) is 251 Å². The summed E-state index contributed by atoms with van der Waals surface area (Å²) in [6.45, 7) is 0. The Kier molecular flexibility index (Phi) is 8.83. The minimum Gasteiger partial charge on any atom is -0.455 e. The molecule has 0 spiro atoms. The van der Waals surface area contributed by atoms with E-state index in [2.05, 4.69) is 228 Å². The molecular formula is C64H40N2O3. The first kappa shape index (κ1) is 38.9. The smallest absolute Gasteiger partial charge is 0.159 e. The highest BCUT2D eigenvalue weighted by molar-refractivity contribution is 6.12. The molecule has 0 amide bonds. The first-order valence-electron chi connectivity index (χ1n) is 23.3. The lowest BCUT2D eigenvalue weighted by molar-refractivity contribution is 0.488. The van der Waals surface area contributed by atoms with Crippen molar-refractivity contribution in [3.63, 3.8) is 0 Å². The van der Waals surface area contributed by atoms with Crippen LogP contribution in [-0.4, -0.2) is 0 Å². The van der Waals surface area contributed by atoms with E-state index in [4.69, 9.17) is 13.6 Å². The van der Waals surface area contributed by atoms with Crippen LogP contribution in [0, 0.1) is 0 Å². The van der Waals surface area contributed by atoms with E-state index in [1.54, 1.807) is 0 Å². The molecule has 69 heavy (non-hydrogen) atoms. The largest absolute Gasteiger partial charge is 0.455 e. The minimum absolute atomic E-state index is 0.802. The van der Waals surface area contributed by atoms with Crippen LogP contribution in [0.2, 0.25) is 0 Å². The second-order valence-corrected chi connectivity index (χ2v) is 17.6. The van der Waals surface area contributed by atoms with Crippen LogP contribution in [0.4, 0.5) is 34.1 Å². The van der Waals surface area contributed by atoms with E-state index >= 15 is 0 Å². The van der Waals surface area contributed by atoms with Gasteiger partial charge in [-0.05, 0) is 107 Å². The molecule has 1 aliphatic heterocycles. The number of ether oxygens (including phenoxy) is 1. The third-order valence-electron chi connectivity index (χ3n) is 13.7. The molecule has 1 aliphatic rings. The second kappa shape index (κ2) is 15.7. The van der Waals surface area contributed by atoms with Crippen LogP contribution >= 0.6 is 0 Å². The maximum atomic E-state index is 7.21. The summed E-state index contributed by atoms with van der Waals surface area (Å²) in [5.41, 5.74) is 16.1. The average Bonchev–Trinajstić information content (AvgIpc) is 4.00. The summed E-state index contributed by atoms with van der Waals surface area (Å²) >= 11 is 0. The molecule has 0 fully saturated rings. The fourth-order valence-electron chi connectivity index (χ4n) is 10.5. The van der Waals surface area contributed by atoms with Gasteiger partial charge in [-0.15, -0.1) is 0 Å². The molecule has 0 saturated heterocycles. The van der Waals surface area contributed by atoms with E-state index in [0.717, 1.165) is 134 Å². The summed E-state index contributed by atoms with van der Waals surface area (Å²) in [7, 11) is 0. The Hall–Kier alpha value is -9.32. The highest BCUT2D eigenvalue weighted by atomic mass is 16.5. The normalized spacial score (nSPS) is 11.9. The fraction of sp³-hybridized carbons (Fsp3) is 0. The number of para-hydroxylation sites is 6. The summed E-state index contributed by atoms with van der Waals surface area (Å²) in [5, 5.41) is 6.62. The van der Waals surface area contributed by atoms with Crippen molar-refractivity contribution >= 4 is 88.8 Å². The van der Waals surface area contributed by atoms with Gasteiger partial charge >= 0.3 is 0 Å². The van der Waals surface area contributed by atoms with Crippen molar-refractivity contribution in [1.29, 1.82) is 0 Å². The van der Waals surface area contributed by atoms with Crippen molar-refractivity contribution in [3.05, 3.63) is 243 Å². The lowest BCUT2D eigenvalue weighted by atomic mass is 9.93. The summed E-state index contributed by atoms with van der Waals surface area (Å²) in [6.07, 6.45) is 0.